The van der Waals surface area contributed by atoms with E-state index in [1.54, 1.807) is 4.90 Å². The van der Waals surface area contributed by atoms with E-state index in [0.717, 1.165) is 23.6 Å². The van der Waals surface area contributed by atoms with Crippen LogP contribution in [0.25, 0.3) is 10.8 Å². The van der Waals surface area contributed by atoms with Crippen molar-refractivity contribution in [1.82, 2.24) is 4.90 Å². The second-order valence-electron chi connectivity index (χ2n) is 6.52. The lowest BCUT2D eigenvalue weighted by molar-refractivity contribution is -0.124. The average Bonchev–Trinajstić information content (AvgIpc) is 3.01. The van der Waals surface area contributed by atoms with Gasteiger partial charge in [0.2, 0.25) is 5.91 Å². The minimum absolute atomic E-state index is 0.112. The predicted octanol–water partition coefficient (Wildman–Crippen LogP) is 4.59. The van der Waals surface area contributed by atoms with Gasteiger partial charge < -0.3 is 0 Å². The van der Waals surface area contributed by atoms with Crippen LogP contribution in [0, 0.1) is 0 Å². The maximum atomic E-state index is 12.4. The van der Waals surface area contributed by atoms with Crippen LogP contribution in [-0.2, 0) is 11.3 Å². The van der Waals surface area contributed by atoms with Crippen LogP contribution in [-0.4, -0.2) is 27.4 Å². The molecule has 1 aliphatic heterocycles. The number of carbonyl (C=O) groups is 1. The van der Waals surface area contributed by atoms with E-state index in [4.69, 9.17) is 0 Å². The van der Waals surface area contributed by atoms with Crippen LogP contribution < -0.4 is 0 Å². The smallest absolute Gasteiger partial charge is 0.239 e. The van der Waals surface area contributed by atoms with Gasteiger partial charge in [-0.25, -0.2) is 0 Å². The summed E-state index contributed by atoms with van der Waals surface area (Å²) >= 11 is 1.49. The van der Waals surface area contributed by atoms with Crippen molar-refractivity contribution in [2.24, 2.45) is 10.2 Å². The van der Waals surface area contributed by atoms with Crippen molar-refractivity contribution in [2.45, 2.75) is 38.6 Å². The van der Waals surface area contributed by atoms with Gasteiger partial charge in [-0.3, -0.25) is 9.69 Å². The molecule has 0 radical (unpaired) electrons. The molecule has 5 heteroatoms. The fraction of sp³-hybridized carbons (Fsp3) is 0.350. The molecule has 4 nitrogen and oxygen atoms in total. The van der Waals surface area contributed by atoms with Crippen molar-refractivity contribution in [3.8, 4) is 0 Å². The van der Waals surface area contributed by atoms with E-state index < -0.39 is 0 Å². The van der Waals surface area contributed by atoms with E-state index in [0.29, 0.717) is 12.3 Å². The Morgan fingerprint density at radius 1 is 0.960 bits per heavy atom. The van der Waals surface area contributed by atoms with Crippen LogP contribution in [0.15, 0.2) is 52.7 Å². The molecule has 0 spiro atoms. The number of hydrogen-bond acceptors (Lipinski definition) is 4. The highest BCUT2D eigenvalue weighted by Crippen LogP contribution is 2.26. The Labute approximate surface area is 152 Å². The molecule has 128 valence electrons. The Bertz CT molecular complexity index is 846. The summed E-state index contributed by atoms with van der Waals surface area (Å²) in [4.78, 5) is 14.1. The van der Waals surface area contributed by atoms with Crippen molar-refractivity contribution in [3.05, 3.63) is 48.0 Å². The van der Waals surface area contributed by atoms with Gasteiger partial charge >= 0.3 is 0 Å². The van der Waals surface area contributed by atoms with E-state index in [2.05, 4.69) is 34.5 Å². The lowest BCUT2D eigenvalue weighted by Crippen LogP contribution is -2.29. The quantitative estimate of drug-likeness (QED) is 0.759. The number of amidine groups is 1. The number of amides is 1. The van der Waals surface area contributed by atoms with Crippen molar-refractivity contribution in [3.63, 3.8) is 0 Å². The molecule has 2 aliphatic rings. The fourth-order valence-corrected chi connectivity index (χ4v) is 4.23. The molecule has 4 rings (SSSR count). The van der Waals surface area contributed by atoms with Crippen LogP contribution in [0.4, 0.5) is 0 Å². The first-order chi connectivity index (χ1) is 12.3. The number of benzene rings is 2. The lowest BCUT2D eigenvalue weighted by atomic mass is 9.99. The summed E-state index contributed by atoms with van der Waals surface area (Å²) in [5.74, 6) is 0.564. The van der Waals surface area contributed by atoms with Crippen LogP contribution in [0.2, 0.25) is 0 Å². The minimum atomic E-state index is 0.112. The second kappa shape index (κ2) is 7.40. The van der Waals surface area contributed by atoms with Gasteiger partial charge in [-0.1, -0.05) is 60.6 Å². The lowest BCUT2D eigenvalue weighted by Gasteiger charge is -2.17. The van der Waals surface area contributed by atoms with Crippen LogP contribution in [0.3, 0.4) is 0 Å². The summed E-state index contributed by atoms with van der Waals surface area (Å²) in [6, 6.07) is 14.5. The third-order valence-electron chi connectivity index (χ3n) is 4.77. The molecule has 1 aliphatic carbocycles. The topological polar surface area (TPSA) is 45.0 Å². The van der Waals surface area contributed by atoms with E-state index in [1.165, 1.54) is 47.5 Å². The predicted molar refractivity (Wildman–Crippen MR) is 105 cm³/mol. The Morgan fingerprint density at radius 2 is 1.76 bits per heavy atom. The molecule has 0 aromatic heterocycles. The first-order valence-corrected chi connectivity index (χ1v) is 9.83. The zero-order chi connectivity index (χ0) is 17.1. The molecule has 2 aromatic rings. The van der Waals surface area contributed by atoms with E-state index in [9.17, 15) is 4.79 Å². The first-order valence-electron chi connectivity index (χ1n) is 8.84. The Morgan fingerprint density at radius 3 is 2.64 bits per heavy atom. The van der Waals surface area contributed by atoms with Gasteiger partial charge in [0.05, 0.1) is 12.3 Å². The van der Waals surface area contributed by atoms with Gasteiger partial charge in [-0.2, -0.15) is 5.10 Å². The molecule has 1 saturated heterocycles. The Kier molecular flexibility index (Phi) is 4.83. The molecule has 0 bridgehead atoms. The van der Waals surface area contributed by atoms with Crippen molar-refractivity contribution < 1.29 is 4.79 Å². The standard InChI is InChI=1S/C20H21N3OS/c24-19-14-25-20(22-21-17-10-2-1-3-11-17)23(19)13-16-9-6-8-15-7-4-5-12-18(15)16/h4-9,12H,1-3,10-11,13-14H2/b22-20-. The van der Waals surface area contributed by atoms with E-state index in [1.807, 2.05) is 18.2 Å². The van der Waals surface area contributed by atoms with Crippen molar-refractivity contribution >= 4 is 39.3 Å². The van der Waals surface area contributed by atoms with Gasteiger partial charge in [0.25, 0.3) is 0 Å². The molecule has 2 fully saturated rings. The minimum Gasteiger partial charge on any atom is -0.285 e. The zero-order valence-electron chi connectivity index (χ0n) is 14.1. The van der Waals surface area contributed by atoms with Gasteiger partial charge in [0, 0.05) is 5.71 Å². The Balaban J connectivity index is 1.59. The fourth-order valence-electron chi connectivity index (χ4n) is 3.40. The summed E-state index contributed by atoms with van der Waals surface area (Å²) < 4.78 is 0. The molecule has 0 atom stereocenters. The largest absolute Gasteiger partial charge is 0.285 e. The number of nitrogens with zero attached hydrogens (tertiary/aromatic N) is 3. The molecule has 0 N–H and O–H groups in total. The molecule has 1 amide bonds. The van der Waals surface area contributed by atoms with E-state index >= 15 is 0 Å². The number of hydrogen-bond donors (Lipinski definition) is 0. The highest BCUT2D eigenvalue weighted by Gasteiger charge is 2.29. The van der Waals surface area contributed by atoms with E-state index in [-0.39, 0.29) is 5.91 Å². The average molecular weight is 351 g/mol. The first kappa shape index (κ1) is 16.3. The Hall–Kier alpha value is -2.14. The van der Waals surface area contributed by atoms with Gasteiger partial charge in [-0.15, -0.1) is 5.10 Å². The molecule has 2 aromatic carbocycles. The molecule has 1 heterocycles. The normalized spacial score (nSPS) is 19.8. The molecule has 25 heavy (non-hydrogen) atoms. The second-order valence-corrected chi connectivity index (χ2v) is 7.46. The maximum absolute atomic E-state index is 12.4. The SMILES string of the molecule is O=C1CS/C(=N\N=C2CCCCC2)N1Cc1cccc2ccccc12. The van der Waals surface area contributed by atoms with Crippen LogP contribution in [0.5, 0.6) is 0 Å². The highest BCUT2D eigenvalue weighted by molar-refractivity contribution is 8.15. The molecule has 1 saturated carbocycles. The van der Waals surface area contributed by atoms with Crippen molar-refractivity contribution in [2.75, 3.05) is 5.75 Å². The summed E-state index contributed by atoms with van der Waals surface area (Å²) in [6.45, 7) is 0.552. The van der Waals surface area contributed by atoms with Gasteiger partial charge in [-0.05, 0) is 42.0 Å². The number of rotatable bonds is 3. The number of carbonyl (C=O) groups excluding carboxylic acids is 1. The molecular weight excluding hydrogens is 330 g/mol. The number of thioether (sulfide) groups is 1. The van der Waals surface area contributed by atoms with Crippen LogP contribution in [0.1, 0.15) is 37.7 Å². The monoisotopic (exact) mass is 351 g/mol. The summed E-state index contributed by atoms with van der Waals surface area (Å²) in [5, 5.41) is 12.0. The maximum Gasteiger partial charge on any atom is 0.239 e. The highest BCUT2D eigenvalue weighted by atomic mass is 32.2. The molecular formula is C20H21N3OS. The number of fused-ring (bicyclic) bond motifs is 1. The summed E-state index contributed by atoms with van der Waals surface area (Å²) in [5.41, 5.74) is 2.32. The third-order valence-corrected chi connectivity index (χ3v) is 5.72. The summed E-state index contributed by atoms with van der Waals surface area (Å²) in [7, 11) is 0. The zero-order valence-corrected chi connectivity index (χ0v) is 15.0. The van der Waals surface area contributed by atoms with Gasteiger partial charge in [0.15, 0.2) is 5.17 Å². The molecule has 0 unspecified atom stereocenters. The van der Waals surface area contributed by atoms with Crippen LogP contribution >= 0.6 is 11.8 Å². The van der Waals surface area contributed by atoms with Gasteiger partial charge in [0.1, 0.15) is 0 Å². The van der Waals surface area contributed by atoms with Crippen molar-refractivity contribution in [1.29, 1.82) is 0 Å². The summed E-state index contributed by atoms with van der Waals surface area (Å²) in [6.07, 6.45) is 5.78. The third kappa shape index (κ3) is 3.61.